The number of Topliss-reactive ketones (excluding diaryl/α,β-unsaturated/α-hetero) is 1. The Morgan fingerprint density at radius 3 is 2.47 bits per heavy atom. The van der Waals surface area contributed by atoms with Crippen molar-refractivity contribution < 1.29 is 32.2 Å². The van der Waals surface area contributed by atoms with Crippen LogP contribution >= 0.6 is 12.2 Å². The van der Waals surface area contributed by atoms with Gasteiger partial charge in [0.2, 0.25) is 10.0 Å². The van der Waals surface area contributed by atoms with Crippen molar-refractivity contribution in [3.8, 4) is 5.75 Å². The summed E-state index contributed by atoms with van der Waals surface area (Å²) in [4.78, 5) is 25.2. The van der Waals surface area contributed by atoms with Gasteiger partial charge >= 0.3 is 5.97 Å². The minimum absolute atomic E-state index is 0.0217. The monoisotopic (exact) mass is 507 g/mol. The van der Waals surface area contributed by atoms with Crippen molar-refractivity contribution in [1.29, 1.82) is 0 Å². The highest BCUT2D eigenvalue weighted by Gasteiger charge is 2.23. The van der Waals surface area contributed by atoms with Gasteiger partial charge in [-0.3, -0.25) is 9.59 Å². The van der Waals surface area contributed by atoms with Crippen molar-refractivity contribution >= 4 is 44.8 Å². The second-order valence-corrected chi connectivity index (χ2v) is 9.40. The lowest BCUT2D eigenvalue weighted by Gasteiger charge is -2.34. The molecule has 1 aliphatic heterocycles. The topological polar surface area (TPSA) is 137 Å². The number of nitrogens with zero attached hydrogens (tertiary/aromatic N) is 1. The van der Waals surface area contributed by atoms with E-state index in [0.717, 1.165) is 0 Å². The normalized spacial score (nSPS) is 15.9. The maximum Gasteiger partial charge on any atom is 0.313 e. The summed E-state index contributed by atoms with van der Waals surface area (Å²) < 4.78 is 38.8. The third kappa shape index (κ3) is 7.22. The van der Waals surface area contributed by atoms with Crippen LogP contribution in [-0.4, -0.2) is 69.7 Å². The third-order valence-corrected chi connectivity index (χ3v) is 6.29. The van der Waals surface area contributed by atoms with Crippen molar-refractivity contribution in [2.45, 2.75) is 17.4 Å². The maximum absolute atomic E-state index is 12.0. The molecule has 0 spiro atoms. The van der Waals surface area contributed by atoms with Crippen molar-refractivity contribution in [2.75, 3.05) is 38.7 Å². The van der Waals surface area contributed by atoms with Crippen molar-refractivity contribution in [2.24, 2.45) is 5.14 Å². The summed E-state index contributed by atoms with van der Waals surface area (Å²) in [7, 11) is -2.52. The molecule has 2 aromatic carbocycles. The van der Waals surface area contributed by atoms with Gasteiger partial charge in [-0.05, 0) is 60.7 Å². The smallest absolute Gasteiger partial charge is 0.313 e. The van der Waals surface area contributed by atoms with Crippen LogP contribution in [0.25, 0.3) is 0 Å². The Labute approximate surface area is 203 Å². The standard InChI is InChI=1S/C22H25N3O7S2/c1-30-21(27)12-20(26)15-2-6-17(7-3-15)32-14-18-13-25(10-11-31-18)22(33)24-16-4-8-19(9-5-16)34(23,28)29/h2-9,18H,10-14H2,1H3,(H,24,33)(H2,23,28,29). The lowest BCUT2D eigenvalue weighted by Crippen LogP contribution is -2.49. The molecule has 2 aromatic rings. The Morgan fingerprint density at radius 2 is 1.85 bits per heavy atom. The molecule has 1 fully saturated rings. The number of thiocarbonyl (C=S) groups is 1. The number of carbonyl (C=O) groups is 2. The van der Waals surface area contributed by atoms with Crippen LogP contribution in [0.5, 0.6) is 5.75 Å². The Bertz CT molecular complexity index is 1140. The molecule has 0 saturated carbocycles. The molecule has 0 amide bonds. The molecular weight excluding hydrogens is 482 g/mol. The summed E-state index contributed by atoms with van der Waals surface area (Å²) in [6.45, 7) is 1.82. The summed E-state index contributed by atoms with van der Waals surface area (Å²) in [5.41, 5.74) is 1.03. The van der Waals surface area contributed by atoms with E-state index in [0.29, 0.717) is 41.8 Å². The number of nitrogens with one attached hydrogen (secondary N) is 1. The number of anilines is 1. The fraction of sp³-hybridized carbons (Fsp3) is 0.318. The summed E-state index contributed by atoms with van der Waals surface area (Å²) in [5, 5.41) is 8.67. The predicted molar refractivity (Wildman–Crippen MR) is 128 cm³/mol. The van der Waals surface area contributed by atoms with E-state index in [1.54, 1.807) is 36.4 Å². The average Bonchev–Trinajstić information content (AvgIpc) is 2.83. The van der Waals surface area contributed by atoms with E-state index >= 15 is 0 Å². The van der Waals surface area contributed by atoms with Crippen molar-refractivity contribution in [3.05, 3.63) is 54.1 Å². The van der Waals surface area contributed by atoms with E-state index in [4.69, 9.17) is 26.8 Å². The van der Waals surface area contributed by atoms with Gasteiger partial charge in [0.05, 0.1) is 18.6 Å². The lowest BCUT2D eigenvalue weighted by molar-refractivity contribution is -0.139. The van der Waals surface area contributed by atoms with Gasteiger partial charge in [-0.2, -0.15) is 0 Å². The molecule has 182 valence electrons. The average molecular weight is 508 g/mol. The minimum Gasteiger partial charge on any atom is -0.491 e. The first-order chi connectivity index (χ1) is 16.2. The highest BCUT2D eigenvalue weighted by molar-refractivity contribution is 7.89. The fourth-order valence-electron chi connectivity index (χ4n) is 3.17. The van der Waals surface area contributed by atoms with Crippen LogP contribution in [-0.2, 0) is 24.3 Å². The van der Waals surface area contributed by atoms with Crippen LogP contribution in [0, 0.1) is 0 Å². The molecule has 1 atom stereocenters. The molecule has 12 heteroatoms. The van der Waals surface area contributed by atoms with E-state index < -0.39 is 16.0 Å². The molecule has 1 heterocycles. The second kappa shape index (κ2) is 11.4. The number of morpholine rings is 1. The molecule has 0 radical (unpaired) electrons. The van der Waals surface area contributed by atoms with E-state index in [-0.39, 0.29) is 29.8 Å². The Hall–Kier alpha value is -3.06. The first-order valence-corrected chi connectivity index (χ1v) is 12.2. The molecule has 10 nitrogen and oxygen atoms in total. The first kappa shape index (κ1) is 25.6. The van der Waals surface area contributed by atoms with Crippen LogP contribution in [0.1, 0.15) is 16.8 Å². The SMILES string of the molecule is COC(=O)CC(=O)c1ccc(OCC2CN(C(=S)Nc3ccc(S(N)(=O)=O)cc3)CCO2)cc1. The summed E-state index contributed by atoms with van der Waals surface area (Å²) in [6.07, 6.45) is -0.550. The van der Waals surface area contributed by atoms with E-state index in [1.807, 2.05) is 4.90 Å². The zero-order chi connectivity index (χ0) is 24.7. The van der Waals surface area contributed by atoms with Gasteiger partial charge in [-0.1, -0.05) is 0 Å². The number of ketones is 1. The van der Waals surface area contributed by atoms with Gasteiger partial charge in [0.1, 0.15) is 24.9 Å². The zero-order valence-electron chi connectivity index (χ0n) is 18.4. The van der Waals surface area contributed by atoms with Crippen LogP contribution in [0.3, 0.4) is 0 Å². The first-order valence-electron chi connectivity index (χ1n) is 10.3. The van der Waals surface area contributed by atoms with Gasteiger partial charge in [0, 0.05) is 24.3 Å². The number of rotatable bonds is 8. The van der Waals surface area contributed by atoms with Gasteiger partial charge in [-0.25, -0.2) is 13.6 Å². The van der Waals surface area contributed by atoms with E-state index in [1.165, 1.54) is 19.2 Å². The lowest BCUT2D eigenvalue weighted by atomic mass is 10.1. The Morgan fingerprint density at radius 1 is 1.18 bits per heavy atom. The van der Waals surface area contributed by atoms with Gasteiger partial charge in [0.15, 0.2) is 10.9 Å². The second-order valence-electron chi connectivity index (χ2n) is 7.45. The highest BCUT2D eigenvalue weighted by atomic mass is 32.2. The summed E-state index contributed by atoms with van der Waals surface area (Å²) >= 11 is 5.48. The number of hydrogen-bond donors (Lipinski definition) is 2. The van der Waals surface area contributed by atoms with Crippen LogP contribution in [0.2, 0.25) is 0 Å². The Balaban J connectivity index is 1.49. The molecule has 0 aromatic heterocycles. The molecule has 0 bridgehead atoms. The quantitative estimate of drug-likeness (QED) is 0.234. The van der Waals surface area contributed by atoms with Crippen molar-refractivity contribution in [3.63, 3.8) is 0 Å². The third-order valence-electron chi connectivity index (χ3n) is 5.00. The zero-order valence-corrected chi connectivity index (χ0v) is 20.1. The van der Waals surface area contributed by atoms with Crippen LogP contribution in [0.4, 0.5) is 5.69 Å². The summed E-state index contributed by atoms with van der Waals surface area (Å²) in [5.74, 6) is -0.354. The van der Waals surface area contributed by atoms with Crippen LogP contribution in [0.15, 0.2) is 53.4 Å². The molecule has 3 rings (SSSR count). The highest BCUT2D eigenvalue weighted by Crippen LogP contribution is 2.17. The number of sulfonamides is 1. The van der Waals surface area contributed by atoms with Crippen LogP contribution < -0.4 is 15.2 Å². The number of ether oxygens (including phenoxy) is 3. The van der Waals surface area contributed by atoms with Gasteiger partial charge in [0.25, 0.3) is 0 Å². The molecule has 1 saturated heterocycles. The number of primary sulfonamides is 1. The number of methoxy groups -OCH3 is 1. The summed E-state index contributed by atoms with van der Waals surface area (Å²) in [6, 6.07) is 12.5. The molecule has 1 unspecified atom stereocenters. The number of nitrogens with two attached hydrogens (primary N) is 1. The van der Waals surface area contributed by atoms with Crippen molar-refractivity contribution in [1.82, 2.24) is 4.90 Å². The number of carbonyl (C=O) groups excluding carboxylic acids is 2. The molecule has 0 aliphatic carbocycles. The van der Waals surface area contributed by atoms with Gasteiger partial charge < -0.3 is 24.4 Å². The number of esters is 1. The maximum atomic E-state index is 12.0. The van der Waals surface area contributed by atoms with E-state index in [9.17, 15) is 18.0 Å². The van der Waals surface area contributed by atoms with E-state index in [2.05, 4.69) is 10.1 Å². The molecular formula is C22H25N3O7S2. The molecule has 1 aliphatic rings. The Kier molecular flexibility index (Phi) is 8.56. The number of hydrogen-bond acceptors (Lipinski definition) is 8. The number of benzene rings is 2. The largest absolute Gasteiger partial charge is 0.491 e. The molecule has 3 N–H and O–H groups in total. The fourth-order valence-corrected chi connectivity index (χ4v) is 3.97. The van der Waals surface area contributed by atoms with Gasteiger partial charge in [-0.15, -0.1) is 0 Å². The minimum atomic E-state index is -3.75. The molecule has 34 heavy (non-hydrogen) atoms. The predicted octanol–water partition coefficient (Wildman–Crippen LogP) is 1.56.